The lowest BCUT2D eigenvalue weighted by Gasteiger charge is -2.01. The first-order valence-corrected chi connectivity index (χ1v) is 3.43. The minimum absolute atomic E-state index is 0.130. The lowest BCUT2D eigenvalue weighted by atomic mass is 10.3. The first-order chi connectivity index (χ1) is 5.79. The van der Waals surface area contributed by atoms with E-state index in [1.165, 1.54) is 18.2 Å². The molecule has 1 aromatic carbocycles. The van der Waals surface area contributed by atoms with Gasteiger partial charge in [-0.15, -0.1) is 0 Å². The van der Waals surface area contributed by atoms with Crippen molar-refractivity contribution in [3.8, 4) is 5.75 Å². The molecule has 0 radical (unpaired) electrons. The molecule has 1 rings (SSSR count). The summed E-state index contributed by atoms with van der Waals surface area (Å²) in [4.78, 5) is 7.83. The molecule has 0 spiro atoms. The molecule has 0 unspecified atom stereocenters. The number of hydrogen-bond acceptors (Lipinski definition) is 4. The third kappa shape index (κ3) is 1.65. The van der Waals surface area contributed by atoms with Gasteiger partial charge in [-0.3, -0.25) is 0 Å². The Kier molecular flexibility index (Phi) is 2.88. The van der Waals surface area contributed by atoms with Gasteiger partial charge < -0.3 is 4.84 Å². The summed E-state index contributed by atoms with van der Waals surface area (Å²) >= 11 is 4.35. The highest BCUT2D eigenvalue weighted by atomic mass is 32.1. The fourth-order valence-electron chi connectivity index (χ4n) is 0.751. The highest BCUT2D eigenvalue weighted by molar-refractivity contribution is 7.78. The Balaban J connectivity index is 3.26. The first kappa shape index (κ1) is 8.80. The summed E-state index contributed by atoms with van der Waals surface area (Å²) in [5.74, 6) is 4.11. The minimum atomic E-state index is -0.580. The molecule has 5 heteroatoms. The average Bonchev–Trinajstić information content (AvgIpc) is 2.05. The van der Waals surface area contributed by atoms with Gasteiger partial charge in [-0.2, -0.15) is 10.9 Å². The van der Waals surface area contributed by atoms with E-state index in [4.69, 9.17) is 5.90 Å². The molecule has 0 bridgehead atoms. The molecule has 3 nitrogen and oxygen atoms in total. The number of thiocarbonyl (C=S) groups is 1. The minimum Gasteiger partial charge on any atom is -0.406 e. The lowest BCUT2D eigenvalue weighted by molar-refractivity contribution is 0.317. The van der Waals surface area contributed by atoms with Gasteiger partial charge in [0.05, 0.1) is 5.16 Å². The SMILES string of the molecule is NOc1c(F)cccc1N=C=S. The van der Waals surface area contributed by atoms with Crippen LogP contribution in [0.2, 0.25) is 0 Å². The maximum Gasteiger partial charge on any atom is 0.208 e. The van der Waals surface area contributed by atoms with Gasteiger partial charge in [-0.25, -0.2) is 4.39 Å². The molecule has 12 heavy (non-hydrogen) atoms. The van der Waals surface area contributed by atoms with E-state index in [0.29, 0.717) is 0 Å². The van der Waals surface area contributed by atoms with E-state index in [9.17, 15) is 4.39 Å². The zero-order valence-electron chi connectivity index (χ0n) is 5.95. The number of isothiocyanates is 1. The molecule has 0 atom stereocenters. The van der Waals surface area contributed by atoms with Gasteiger partial charge in [-0.05, 0) is 24.4 Å². The van der Waals surface area contributed by atoms with E-state index in [1.807, 2.05) is 0 Å². The summed E-state index contributed by atoms with van der Waals surface area (Å²) in [6.45, 7) is 0. The van der Waals surface area contributed by atoms with Crippen LogP contribution in [-0.4, -0.2) is 5.16 Å². The maximum atomic E-state index is 12.8. The molecule has 62 valence electrons. The monoisotopic (exact) mass is 184 g/mol. The van der Waals surface area contributed by atoms with Crippen LogP contribution in [0, 0.1) is 5.82 Å². The van der Waals surface area contributed by atoms with Crippen molar-refractivity contribution in [2.24, 2.45) is 10.9 Å². The summed E-state index contributed by atoms with van der Waals surface area (Å²) in [6, 6.07) is 4.21. The van der Waals surface area contributed by atoms with Gasteiger partial charge in [-0.1, -0.05) is 6.07 Å². The van der Waals surface area contributed by atoms with Crippen LogP contribution in [0.4, 0.5) is 10.1 Å². The molecular formula is C7H5FN2OS. The predicted molar refractivity (Wildman–Crippen MR) is 45.9 cm³/mol. The second-order valence-corrected chi connectivity index (χ2v) is 2.09. The number of benzene rings is 1. The second-order valence-electron chi connectivity index (χ2n) is 1.91. The van der Waals surface area contributed by atoms with Crippen molar-refractivity contribution < 1.29 is 9.23 Å². The summed E-state index contributed by atoms with van der Waals surface area (Å²) < 4.78 is 12.8. The van der Waals surface area contributed by atoms with Crippen molar-refractivity contribution in [1.82, 2.24) is 0 Å². The molecule has 0 aliphatic carbocycles. The maximum absolute atomic E-state index is 12.8. The highest BCUT2D eigenvalue weighted by Gasteiger charge is 2.07. The highest BCUT2D eigenvalue weighted by Crippen LogP contribution is 2.28. The molecule has 2 N–H and O–H groups in total. The van der Waals surface area contributed by atoms with Gasteiger partial charge in [0.1, 0.15) is 5.69 Å². The molecular weight excluding hydrogens is 179 g/mol. The van der Waals surface area contributed by atoms with Gasteiger partial charge in [0, 0.05) is 0 Å². The van der Waals surface area contributed by atoms with Gasteiger partial charge in [0.15, 0.2) is 5.82 Å². The van der Waals surface area contributed by atoms with Crippen molar-refractivity contribution >= 4 is 23.1 Å². The van der Waals surface area contributed by atoms with Crippen LogP contribution < -0.4 is 10.7 Å². The molecule has 0 aliphatic rings. The Bertz CT molecular complexity index is 336. The van der Waals surface area contributed by atoms with Crippen molar-refractivity contribution in [1.29, 1.82) is 0 Å². The smallest absolute Gasteiger partial charge is 0.208 e. The Hall–Kier alpha value is -1.29. The fraction of sp³-hybridized carbons (Fsp3) is 0. The molecule has 0 aromatic heterocycles. The van der Waals surface area contributed by atoms with E-state index < -0.39 is 5.82 Å². The second kappa shape index (κ2) is 3.92. The zero-order valence-corrected chi connectivity index (χ0v) is 6.77. The van der Waals surface area contributed by atoms with Crippen molar-refractivity contribution in [3.05, 3.63) is 24.0 Å². The normalized spacial score (nSPS) is 8.83. The molecule has 0 amide bonds. The standard InChI is InChI=1S/C7H5FN2OS/c8-5-2-1-3-6(10-4-12)7(5)11-9/h1-3H,9H2. The number of hydrogen-bond donors (Lipinski definition) is 1. The van der Waals surface area contributed by atoms with Crippen LogP contribution in [0.5, 0.6) is 5.75 Å². The summed E-state index contributed by atoms with van der Waals surface area (Å²) in [6.07, 6.45) is 0. The van der Waals surface area contributed by atoms with Crippen LogP contribution >= 0.6 is 12.2 Å². The zero-order chi connectivity index (χ0) is 8.97. The van der Waals surface area contributed by atoms with E-state index >= 15 is 0 Å². The number of nitrogens with zero attached hydrogens (tertiary/aromatic N) is 1. The quantitative estimate of drug-likeness (QED) is 0.433. The number of halogens is 1. The third-order valence-corrected chi connectivity index (χ3v) is 1.32. The number of nitrogens with two attached hydrogens (primary N) is 1. The van der Waals surface area contributed by atoms with Crippen LogP contribution in [0.25, 0.3) is 0 Å². The Morgan fingerprint density at radius 1 is 1.58 bits per heavy atom. The van der Waals surface area contributed by atoms with E-state index in [-0.39, 0.29) is 11.4 Å². The fourth-order valence-corrected chi connectivity index (χ4v) is 0.850. The van der Waals surface area contributed by atoms with Gasteiger partial charge in [0.2, 0.25) is 5.75 Å². The molecule has 0 aliphatic heterocycles. The number of para-hydroxylation sites is 1. The number of rotatable bonds is 2. The Morgan fingerprint density at radius 3 is 2.92 bits per heavy atom. The van der Waals surface area contributed by atoms with E-state index in [0.717, 1.165) is 0 Å². The largest absolute Gasteiger partial charge is 0.406 e. The van der Waals surface area contributed by atoms with Crippen molar-refractivity contribution in [2.75, 3.05) is 0 Å². The molecule has 1 aromatic rings. The van der Waals surface area contributed by atoms with Crippen molar-refractivity contribution in [2.45, 2.75) is 0 Å². The third-order valence-electron chi connectivity index (χ3n) is 1.23. The summed E-state index contributed by atoms with van der Waals surface area (Å²) in [5, 5.41) is 2.09. The molecule has 0 saturated carbocycles. The van der Waals surface area contributed by atoms with Crippen LogP contribution in [-0.2, 0) is 0 Å². The lowest BCUT2D eigenvalue weighted by Crippen LogP contribution is -2.03. The van der Waals surface area contributed by atoms with Crippen LogP contribution in [0.1, 0.15) is 0 Å². The Labute approximate surface area is 73.6 Å². The summed E-state index contributed by atoms with van der Waals surface area (Å²) in [5.41, 5.74) is 0.229. The van der Waals surface area contributed by atoms with E-state index in [1.54, 1.807) is 0 Å². The number of aliphatic imine (C=N–C) groups is 1. The average molecular weight is 184 g/mol. The molecule has 0 heterocycles. The van der Waals surface area contributed by atoms with E-state index in [2.05, 4.69) is 27.2 Å². The van der Waals surface area contributed by atoms with Gasteiger partial charge in [0.25, 0.3) is 0 Å². The molecule has 0 saturated heterocycles. The van der Waals surface area contributed by atoms with Crippen LogP contribution in [0.3, 0.4) is 0 Å². The topological polar surface area (TPSA) is 47.6 Å². The Morgan fingerprint density at radius 2 is 2.33 bits per heavy atom. The van der Waals surface area contributed by atoms with Crippen molar-refractivity contribution in [3.63, 3.8) is 0 Å². The first-order valence-electron chi connectivity index (χ1n) is 3.02. The summed E-state index contributed by atoms with van der Waals surface area (Å²) in [7, 11) is 0. The van der Waals surface area contributed by atoms with Gasteiger partial charge >= 0.3 is 0 Å². The predicted octanol–water partition coefficient (Wildman–Crippen LogP) is 1.81. The van der Waals surface area contributed by atoms with Crippen LogP contribution in [0.15, 0.2) is 23.2 Å². The molecule has 0 fully saturated rings.